The molecule has 0 amide bonds. The molecule has 0 aliphatic rings. The highest BCUT2D eigenvalue weighted by Gasteiger charge is 2.23. The molecule has 114 valence electrons. The number of carboxylic acids is 1. The van der Waals surface area contributed by atoms with Crippen molar-refractivity contribution in [2.24, 2.45) is 0 Å². The van der Waals surface area contributed by atoms with Gasteiger partial charge in [-0.15, -0.1) is 0 Å². The van der Waals surface area contributed by atoms with Crippen LogP contribution in [0.2, 0.25) is 5.15 Å². The maximum Gasteiger partial charge on any atom is 0.342 e. The van der Waals surface area contributed by atoms with Crippen molar-refractivity contribution in [1.82, 2.24) is 4.98 Å². The highest BCUT2D eigenvalue weighted by molar-refractivity contribution is 6.30. The van der Waals surface area contributed by atoms with Gasteiger partial charge in [0, 0.05) is 11.8 Å². The van der Waals surface area contributed by atoms with Crippen molar-refractivity contribution in [2.75, 3.05) is 0 Å². The number of aromatic carboxylic acids is 1. The summed E-state index contributed by atoms with van der Waals surface area (Å²) in [5.74, 6) is -1.30. The van der Waals surface area contributed by atoms with Crippen LogP contribution in [0.4, 0.5) is 5.69 Å². The number of aryl methyl sites for hydroxylation is 2. The zero-order chi connectivity index (χ0) is 16.1. The van der Waals surface area contributed by atoms with Crippen molar-refractivity contribution in [3.8, 4) is 0 Å². The molecule has 0 aliphatic carbocycles. The molecule has 0 unspecified atom stereocenters. The van der Waals surface area contributed by atoms with Crippen LogP contribution in [0.1, 0.15) is 27.9 Å². The van der Waals surface area contributed by atoms with E-state index in [4.69, 9.17) is 16.7 Å². The summed E-state index contributed by atoms with van der Waals surface area (Å²) in [6, 6.07) is 7.95. The fraction of sp³-hybridized carbons (Fsp3) is 0.200. The van der Waals surface area contributed by atoms with Crippen LogP contribution in [0.5, 0.6) is 0 Å². The first-order chi connectivity index (χ1) is 10.5. The smallest absolute Gasteiger partial charge is 0.342 e. The molecule has 0 fully saturated rings. The first kappa shape index (κ1) is 15.9. The first-order valence-electron chi connectivity index (χ1n) is 6.59. The van der Waals surface area contributed by atoms with E-state index in [1.54, 1.807) is 18.3 Å². The molecule has 0 atom stereocenters. The van der Waals surface area contributed by atoms with E-state index in [1.165, 1.54) is 12.1 Å². The number of para-hydroxylation sites is 1. The molecular weight excluding hydrogens is 308 g/mol. The molecule has 6 nitrogen and oxygen atoms in total. The van der Waals surface area contributed by atoms with Gasteiger partial charge in [0.05, 0.1) is 4.92 Å². The minimum absolute atomic E-state index is 0.290. The largest absolute Gasteiger partial charge is 0.477 e. The number of hydrogen-bond acceptors (Lipinski definition) is 4. The third-order valence-electron chi connectivity index (χ3n) is 3.26. The third kappa shape index (κ3) is 3.59. The molecular formula is C15H13ClN2O4. The maximum absolute atomic E-state index is 11.1. The minimum Gasteiger partial charge on any atom is -0.477 e. The summed E-state index contributed by atoms with van der Waals surface area (Å²) in [6.07, 6.45) is 3.20. The molecule has 7 heteroatoms. The molecule has 0 aliphatic heterocycles. The van der Waals surface area contributed by atoms with Gasteiger partial charge in [-0.25, -0.2) is 9.78 Å². The van der Waals surface area contributed by atoms with Crippen LogP contribution < -0.4 is 0 Å². The Morgan fingerprint density at radius 1 is 1.23 bits per heavy atom. The van der Waals surface area contributed by atoms with Gasteiger partial charge < -0.3 is 5.11 Å². The maximum atomic E-state index is 11.1. The number of rotatable bonds is 6. The first-order valence-corrected chi connectivity index (χ1v) is 6.97. The van der Waals surface area contributed by atoms with Crippen molar-refractivity contribution in [3.63, 3.8) is 0 Å². The van der Waals surface area contributed by atoms with Crippen LogP contribution in [0.3, 0.4) is 0 Å². The van der Waals surface area contributed by atoms with E-state index in [9.17, 15) is 14.9 Å². The second-order valence-corrected chi connectivity index (χ2v) is 5.04. The van der Waals surface area contributed by atoms with E-state index in [1.807, 2.05) is 6.07 Å². The Morgan fingerprint density at radius 3 is 2.55 bits per heavy atom. The predicted molar refractivity (Wildman–Crippen MR) is 81.3 cm³/mol. The monoisotopic (exact) mass is 320 g/mol. The quantitative estimate of drug-likeness (QED) is 0.499. The van der Waals surface area contributed by atoms with Crippen molar-refractivity contribution in [3.05, 3.63) is 68.5 Å². The van der Waals surface area contributed by atoms with E-state index in [-0.39, 0.29) is 11.3 Å². The van der Waals surface area contributed by atoms with E-state index in [0.717, 1.165) is 5.56 Å². The summed E-state index contributed by atoms with van der Waals surface area (Å²) in [5, 5.41) is 20.6. The van der Waals surface area contributed by atoms with Crippen LogP contribution in [0, 0.1) is 10.1 Å². The van der Waals surface area contributed by atoms with Crippen molar-refractivity contribution in [1.29, 1.82) is 0 Å². The Kier molecular flexibility index (Phi) is 5.06. The Balaban J connectivity index is 2.16. The number of hydrogen-bond donors (Lipinski definition) is 1. The minimum atomic E-state index is -1.30. The number of nitrogens with zero attached hydrogens (tertiary/aromatic N) is 2. The van der Waals surface area contributed by atoms with Crippen molar-refractivity contribution in [2.45, 2.75) is 19.3 Å². The summed E-state index contributed by atoms with van der Waals surface area (Å²) < 4.78 is 0. The molecule has 1 N–H and O–H groups in total. The van der Waals surface area contributed by atoms with Crippen molar-refractivity contribution < 1.29 is 14.8 Å². The molecule has 0 radical (unpaired) electrons. The number of pyridine rings is 1. The van der Waals surface area contributed by atoms with Crippen LogP contribution in [-0.2, 0) is 12.8 Å². The Hall–Kier alpha value is -2.47. The summed E-state index contributed by atoms with van der Waals surface area (Å²) >= 11 is 5.96. The zero-order valence-electron chi connectivity index (χ0n) is 11.5. The lowest BCUT2D eigenvalue weighted by atomic mass is 10.0. The van der Waals surface area contributed by atoms with Crippen LogP contribution >= 0.6 is 11.6 Å². The Morgan fingerprint density at radius 2 is 1.91 bits per heavy atom. The number of benzene rings is 1. The fourth-order valence-corrected chi connectivity index (χ4v) is 2.47. The van der Waals surface area contributed by atoms with Crippen LogP contribution in [-0.4, -0.2) is 21.0 Å². The predicted octanol–water partition coefficient (Wildman–Crippen LogP) is 3.52. The topological polar surface area (TPSA) is 93.3 Å². The average molecular weight is 321 g/mol. The fourth-order valence-electron chi connectivity index (χ4n) is 2.26. The van der Waals surface area contributed by atoms with Gasteiger partial charge >= 0.3 is 5.97 Å². The summed E-state index contributed by atoms with van der Waals surface area (Å²) in [7, 11) is 0. The van der Waals surface area contributed by atoms with Gasteiger partial charge in [0.15, 0.2) is 0 Å². The third-order valence-corrected chi connectivity index (χ3v) is 3.60. The molecule has 22 heavy (non-hydrogen) atoms. The number of nitro groups is 1. The van der Waals surface area contributed by atoms with E-state index >= 15 is 0 Å². The lowest BCUT2D eigenvalue weighted by molar-refractivity contribution is -0.385. The highest BCUT2D eigenvalue weighted by Crippen LogP contribution is 2.26. The second-order valence-electron chi connectivity index (χ2n) is 4.68. The molecule has 0 saturated carbocycles. The number of carbonyl (C=O) groups is 1. The molecule has 1 aromatic heterocycles. The number of aromatic nitrogens is 1. The molecule has 0 bridgehead atoms. The molecule has 0 saturated heterocycles. The Bertz CT molecular complexity index is 718. The van der Waals surface area contributed by atoms with Gasteiger partial charge in [0.2, 0.25) is 0 Å². The lowest BCUT2D eigenvalue weighted by Crippen LogP contribution is -2.06. The molecule has 1 aromatic carbocycles. The second kappa shape index (κ2) is 7.00. The average Bonchev–Trinajstić information content (AvgIpc) is 2.48. The van der Waals surface area contributed by atoms with E-state index in [2.05, 4.69) is 4.98 Å². The van der Waals surface area contributed by atoms with Gasteiger partial charge in [0.25, 0.3) is 5.69 Å². The van der Waals surface area contributed by atoms with Crippen LogP contribution in [0.15, 0.2) is 36.5 Å². The summed E-state index contributed by atoms with van der Waals surface area (Å²) in [6.45, 7) is 0. The van der Waals surface area contributed by atoms with Crippen molar-refractivity contribution >= 4 is 23.3 Å². The summed E-state index contributed by atoms with van der Waals surface area (Å²) in [4.78, 5) is 25.6. The van der Waals surface area contributed by atoms with E-state index in [0.29, 0.717) is 30.0 Å². The van der Waals surface area contributed by atoms with Gasteiger partial charge in [-0.3, -0.25) is 10.1 Å². The van der Waals surface area contributed by atoms with Gasteiger partial charge in [0.1, 0.15) is 10.7 Å². The van der Waals surface area contributed by atoms with Gasteiger partial charge in [-0.05, 0) is 37.0 Å². The van der Waals surface area contributed by atoms with Crippen LogP contribution in [0.25, 0.3) is 0 Å². The molecule has 2 rings (SSSR count). The van der Waals surface area contributed by atoms with Gasteiger partial charge in [-0.2, -0.15) is 0 Å². The standard InChI is InChI=1S/C15H13ClN2O4/c16-14-11(7-3-9-17-14)6-1-4-10-5-2-8-12(15(19)20)13(10)18(21)22/h2-3,5,7-9H,1,4,6H2,(H,19,20). The molecule has 2 aromatic rings. The number of nitro benzene ring substituents is 1. The SMILES string of the molecule is O=C(O)c1cccc(CCCc2cccnc2Cl)c1[N+](=O)[O-]. The van der Waals surface area contributed by atoms with Gasteiger partial charge in [-0.1, -0.05) is 29.8 Å². The highest BCUT2D eigenvalue weighted by atomic mass is 35.5. The zero-order valence-corrected chi connectivity index (χ0v) is 12.3. The number of halogens is 1. The molecule has 1 heterocycles. The van der Waals surface area contributed by atoms with E-state index < -0.39 is 10.9 Å². The molecule has 0 spiro atoms. The normalized spacial score (nSPS) is 10.4. The lowest BCUT2D eigenvalue weighted by Gasteiger charge is -2.06. The number of carboxylic acid groups (broad SMARTS) is 1. The summed E-state index contributed by atoms with van der Waals surface area (Å²) in [5.41, 5.74) is 0.639. The Labute approximate surface area is 131 Å².